The van der Waals surface area contributed by atoms with E-state index >= 15 is 0 Å². The van der Waals surface area contributed by atoms with Crippen LogP contribution < -0.4 is 15.1 Å². The highest BCUT2D eigenvalue weighted by Gasteiger charge is 2.33. The Kier molecular flexibility index (Phi) is 6.19. The van der Waals surface area contributed by atoms with E-state index in [1.165, 1.54) is 12.3 Å². The molecule has 2 unspecified atom stereocenters. The van der Waals surface area contributed by atoms with Crippen molar-refractivity contribution in [1.82, 2.24) is 9.97 Å². The van der Waals surface area contributed by atoms with Gasteiger partial charge in [-0.15, -0.1) is 0 Å². The number of pyridine rings is 1. The molecule has 33 heavy (non-hydrogen) atoms. The fourth-order valence-corrected chi connectivity index (χ4v) is 4.69. The third-order valence-corrected chi connectivity index (χ3v) is 6.07. The SMILES string of the molecule is CCN(c1ncc(F)cc1NC(C)(C)C)C1CCN(c2cc3cc(O)ccc3[nH]2)C(C=O)C1. The van der Waals surface area contributed by atoms with Crippen molar-refractivity contribution in [3.05, 3.63) is 42.3 Å². The Balaban J connectivity index is 1.59. The van der Waals surface area contributed by atoms with Crippen LogP contribution in [0.1, 0.15) is 40.5 Å². The number of hydrogen-bond donors (Lipinski definition) is 3. The first-order chi connectivity index (χ1) is 15.7. The van der Waals surface area contributed by atoms with E-state index in [9.17, 15) is 14.3 Å². The smallest absolute Gasteiger partial charge is 0.152 e. The summed E-state index contributed by atoms with van der Waals surface area (Å²) < 4.78 is 14.0. The lowest BCUT2D eigenvalue weighted by molar-refractivity contribution is -0.109. The van der Waals surface area contributed by atoms with Gasteiger partial charge in [0, 0.05) is 41.6 Å². The summed E-state index contributed by atoms with van der Waals surface area (Å²) >= 11 is 0. The topological polar surface area (TPSA) is 84.5 Å². The predicted molar refractivity (Wildman–Crippen MR) is 131 cm³/mol. The Morgan fingerprint density at radius 3 is 2.82 bits per heavy atom. The van der Waals surface area contributed by atoms with Crippen molar-refractivity contribution in [1.29, 1.82) is 0 Å². The van der Waals surface area contributed by atoms with Gasteiger partial charge < -0.3 is 30.0 Å². The third kappa shape index (κ3) is 4.89. The zero-order valence-electron chi connectivity index (χ0n) is 19.6. The largest absolute Gasteiger partial charge is 0.508 e. The van der Waals surface area contributed by atoms with Gasteiger partial charge >= 0.3 is 0 Å². The molecule has 8 heteroatoms. The number of H-pyrrole nitrogens is 1. The van der Waals surface area contributed by atoms with Gasteiger partial charge in [-0.3, -0.25) is 0 Å². The monoisotopic (exact) mass is 453 g/mol. The number of fused-ring (bicyclic) bond motifs is 1. The van der Waals surface area contributed by atoms with Crippen molar-refractivity contribution in [2.45, 2.75) is 58.2 Å². The van der Waals surface area contributed by atoms with Gasteiger partial charge in [0.05, 0.1) is 17.9 Å². The maximum absolute atomic E-state index is 14.0. The number of hydrogen-bond acceptors (Lipinski definition) is 6. The van der Waals surface area contributed by atoms with E-state index in [-0.39, 0.29) is 29.2 Å². The number of aromatic hydroxyl groups is 1. The number of aromatic nitrogens is 2. The van der Waals surface area contributed by atoms with E-state index in [2.05, 4.69) is 32.0 Å². The summed E-state index contributed by atoms with van der Waals surface area (Å²) in [7, 11) is 0. The molecule has 0 amide bonds. The zero-order chi connectivity index (χ0) is 23.8. The lowest BCUT2D eigenvalue weighted by atomic mass is 9.96. The fourth-order valence-electron chi connectivity index (χ4n) is 4.69. The van der Waals surface area contributed by atoms with Crippen LogP contribution in [-0.4, -0.2) is 52.1 Å². The van der Waals surface area contributed by atoms with Crippen LogP contribution in [0.2, 0.25) is 0 Å². The molecule has 0 saturated carbocycles. The molecule has 0 bridgehead atoms. The number of nitrogens with one attached hydrogen (secondary N) is 2. The lowest BCUT2D eigenvalue weighted by Gasteiger charge is -2.43. The molecule has 176 valence electrons. The molecule has 1 aliphatic rings. The molecule has 0 spiro atoms. The second-order valence-corrected chi connectivity index (χ2v) is 9.69. The highest BCUT2D eigenvalue weighted by molar-refractivity contribution is 5.86. The molecule has 2 aromatic heterocycles. The fraction of sp³-hybridized carbons (Fsp3) is 0.440. The highest BCUT2D eigenvalue weighted by Crippen LogP contribution is 2.34. The van der Waals surface area contributed by atoms with Gasteiger partial charge in [-0.2, -0.15) is 0 Å². The summed E-state index contributed by atoms with van der Waals surface area (Å²) in [5.74, 6) is 1.40. The van der Waals surface area contributed by atoms with Gasteiger partial charge in [0.15, 0.2) is 5.82 Å². The number of aromatic amines is 1. The van der Waals surface area contributed by atoms with Crippen LogP contribution in [0.15, 0.2) is 36.5 Å². The van der Waals surface area contributed by atoms with Crippen LogP contribution in [-0.2, 0) is 4.79 Å². The number of phenols is 1. The van der Waals surface area contributed by atoms with E-state index in [1.807, 2.05) is 32.9 Å². The van der Waals surface area contributed by atoms with Crippen LogP contribution in [0.25, 0.3) is 10.9 Å². The molecule has 1 aromatic carbocycles. The van der Waals surface area contributed by atoms with Crippen LogP contribution in [0.3, 0.4) is 0 Å². The Morgan fingerprint density at radius 2 is 2.12 bits per heavy atom. The van der Waals surface area contributed by atoms with Gasteiger partial charge in [0.25, 0.3) is 0 Å². The molecule has 3 heterocycles. The van der Waals surface area contributed by atoms with Gasteiger partial charge in [0.2, 0.25) is 0 Å². The van der Waals surface area contributed by atoms with Crippen molar-refractivity contribution in [3.8, 4) is 5.75 Å². The van der Waals surface area contributed by atoms with Crippen molar-refractivity contribution in [2.75, 3.05) is 28.2 Å². The van der Waals surface area contributed by atoms with E-state index in [4.69, 9.17) is 0 Å². The van der Waals surface area contributed by atoms with E-state index in [1.54, 1.807) is 12.1 Å². The number of anilines is 3. The summed E-state index contributed by atoms with van der Waals surface area (Å²) in [5.41, 5.74) is 1.32. The molecule has 0 radical (unpaired) electrons. The minimum Gasteiger partial charge on any atom is -0.508 e. The molecule has 7 nitrogen and oxygen atoms in total. The molecule has 1 saturated heterocycles. The summed E-state index contributed by atoms with van der Waals surface area (Å²) in [5, 5.41) is 14.0. The predicted octanol–water partition coefficient (Wildman–Crippen LogP) is 4.68. The minimum atomic E-state index is -0.382. The second-order valence-electron chi connectivity index (χ2n) is 9.69. The number of piperidine rings is 1. The molecule has 3 aromatic rings. The number of carbonyl (C=O) groups is 1. The zero-order valence-corrected chi connectivity index (χ0v) is 19.6. The first kappa shape index (κ1) is 22.9. The second kappa shape index (κ2) is 8.92. The van der Waals surface area contributed by atoms with E-state index in [0.717, 1.165) is 29.4 Å². The molecule has 2 atom stereocenters. The lowest BCUT2D eigenvalue weighted by Crippen LogP contribution is -2.51. The number of phenolic OH excluding ortho intramolecular Hbond substituents is 1. The van der Waals surface area contributed by atoms with Crippen LogP contribution in [0, 0.1) is 5.82 Å². The average molecular weight is 454 g/mol. The molecule has 4 rings (SSSR count). The maximum atomic E-state index is 14.0. The normalized spacial score (nSPS) is 19.0. The van der Waals surface area contributed by atoms with Gasteiger partial charge in [-0.05, 0) is 64.8 Å². The van der Waals surface area contributed by atoms with Crippen molar-refractivity contribution >= 4 is 34.5 Å². The van der Waals surface area contributed by atoms with Crippen molar-refractivity contribution in [2.24, 2.45) is 0 Å². The quantitative estimate of drug-likeness (QED) is 0.470. The number of halogens is 1. The number of benzene rings is 1. The molecule has 1 fully saturated rings. The first-order valence-electron chi connectivity index (χ1n) is 11.4. The number of carbonyl (C=O) groups excluding carboxylic acids is 1. The van der Waals surface area contributed by atoms with Crippen molar-refractivity contribution < 1.29 is 14.3 Å². The van der Waals surface area contributed by atoms with Crippen LogP contribution in [0.5, 0.6) is 5.75 Å². The summed E-state index contributed by atoms with van der Waals surface area (Å²) in [4.78, 5) is 24.2. The highest BCUT2D eigenvalue weighted by atomic mass is 19.1. The summed E-state index contributed by atoms with van der Waals surface area (Å²) in [6.45, 7) is 9.52. The van der Waals surface area contributed by atoms with Gasteiger partial charge in [-0.1, -0.05) is 0 Å². The Morgan fingerprint density at radius 1 is 1.33 bits per heavy atom. The number of rotatable bonds is 6. The minimum absolute atomic E-state index is 0.0911. The Labute approximate surface area is 193 Å². The Bertz CT molecular complexity index is 1140. The average Bonchev–Trinajstić information content (AvgIpc) is 3.17. The summed E-state index contributed by atoms with van der Waals surface area (Å²) in [6, 6.07) is 8.43. The maximum Gasteiger partial charge on any atom is 0.152 e. The third-order valence-electron chi connectivity index (χ3n) is 6.07. The molecule has 3 N–H and O–H groups in total. The van der Waals surface area contributed by atoms with Crippen molar-refractivity contribution in [3.63, 3.8) is 0 Å². The molecular weight excluding hydrogens is 421 g/mol. The van der Waals surface area contributed by atoms with E-state index < -0.39 is 0 Å². The van der Waals surface area contributed by atoms with Gasteiger partial charge in [-0.25, -0.2) is 9.37 Å². The standard InChI is InChI=1S/C25H32FN5O2/c1-5-30(24-22(29-25(2,3)4)12-17(26)14-27-24)18-8-9-31(19(13-18)15-32)23-11-16-10-20(33)6-7-21(16)28-23/h6-7,10-12,14-15,18-19,28-29,33H,5,8-9,13H2,1-4H3. The molecule has 0 aliphatic carbocycles. The molecule has 1 aliphatic heterocycles. The first-order valence-corrected chi connectivity index (χ1v) is 11.4. The van der Waals surface area contributed by atoms with Gasteiger partial charge in [0.1, 0.15) is 23.7 Å². The summed E-state index contributed by atoms with van der Waals surface area (Å²) in [6.07, 6.45) is 3.70. The van der Waals surface area contributed by atoms with Crippen LogP contribution in [0.4, 0.5) is 21.7 Å². The number of aldehydes is 1. The van der Waals surface area contributed by atoms with E-state index in [0.29, 0.717) is 31.0 Å². The molecular formula is C25H32FN5O2. The Hall–Kier alpha value is -3.29. The van der Waals surface area contributed by atoms with Crippen LogP contribution >= 0.6 is 0 Å². The number of nitrogens with zero attached hydrogens (tertiary/aromatic N) is 3.